The second-order valence-electron chi connectivity index (χ2n) is 7.79. The topological polar surface area (TPSA) is 91.3 Å². The summed E-state index contributed by atoms with van der Waals surface area (Å²) in [6, 6.07) is 22.6. The summed E-state index contributed by atoms with van der Waals surface area (Å²) in [4.78, 5) is 24.8. The lowest BCUT2D eigenvalue weighted by atomic mass is 9.84. The molecule has 0 aliphatic heterocycles. The Morgan fingerprint density at radius 2 is 1.71 bits per heavy atom. The highest BCUT2D eigenvalue weighted by molar-refractivity contribution is 7.80. The van der Waals surface area contributed by atoms with Gasteiger partial charge in [0.15, 0.2) is 10.9 Å². The Hall–Kier alpha value is -4.10. The first-order valence-corrected chi connectivity index (χ1v) is 11.1. The quantitative estimate of drug-likeness (QED) is 0.371. The molecule has 1 aliphatic rings. The Balaban J connectivity index is 1.68. The first kappa shape index (κ1) is 23.1. The second kappa shape index (κ2) is 10.2. The largest absolute Gasteiger partial charge is 0.453 e. The van der Waals surface area contributed by atoms with Gasteiger partial charge >= 0.3 is 6.09 Å². The molecule has 1 aliphatic carbocycles. The average Bonchev–Trinajstić information content (AvgIpc) is 2.86. The lowest BCUT2D eigenvalue weighted by Gasteiger charge is -2.25. The van der Waals surface area contributed by atoms with Gasteiger partial charge in [-0.25, -0.2) is 4.79 Å². The number of benzene rings is 3. The van der Waals surface area contributed by atoms with Gasteiger partial charge in [-0.15, -0.1) is 0 Å². The summed E-state index contributed by atoms with van der Waals surface area (Å²) in [7, 11) is 1.24. The van der Waals surface area contributed by atoms with Crippen molar-refractivity contribution in [1.29, 1.82) is 5.41 Å². The number of methoxy groups -OCH3 is 1. The van der Waals surface area contributed by atoms with Crippen molar-refractivity contribution in [3.05, 3.63) is 107 Å². The first-order valence-electron chi connectivity index (χ1n) is 10.7. The molecule has 3 aromatic carbocycles. The molecular formula is C27H23N3O3S. The van der Waals surface area contributed by atoms with E-state index in [0.717, 1.165) is 16.3 Å². The molecule has 0 heterocycles. The minimum atomic E-state index is -0.698. The fourth-order valence-corrected chi connectivity index (χ4v) is 4.07. The zero-order valence-corrected chi connectivity index (χ0v) is 19.3. The molecule has 0 bridgehead atoms. The molecule has 3 N–H and O–H groups in total. The number of carbonyl (C=O) groups excluding carboxylic acids is 2. The number of nitrogens with one attached hydrogen (secondary N) is 3. The van der Waals surface area contributed by atoms with Crippen LogP contribution < -0.4 is 10.6 Å². The summed E-state index contributed by atoms with van der Waals surface area (Å²) in [5, 5.41) is 16.5. The standard InChI is InChI=1S/C27H23N3O3S/c1-33-27(32)30-26(34)29-23-14-13-21(25(31)19-8-3-2-4-9-19)22(24(23)28)16-17-11-12-18-7-5-6-10-20(18)15-17/h2-15,23,28H,16H2,1H3,(H2,29,30,32,34). The molecule has 0 aromatic heterocycles. The molecule has 7 heteroatoms. The van der Waals surface area contributed by atoms with Crippen molar-refractivity contribution in [2.24, 2.45) is 0 Å². The summed E-state index contributed by atoms with van der Waals surface area (Å²) in [5.41, 5.74) is 2.82. The van der Waals surface area contributed by atoms with E-state index in [2.05, 4.69) is 21.4 Å². The summed E-state index contributed by atoms with van der Waals surface area (Å²) in [6.45, 7) is 0. The summed E-state index contributed by atoms with van der Waals surface area (Å²) < 4.78 is 4.57. The Kier molecular flexibility index (Phi) is 6.94. The molecule has 1 unspecified atom stereocenters. The summed E-state index contributed by atoms with van der Waals surface area (Å²) in [6.07, 6.45) is 3.13. The molecule has 0 saturated carbocycles. The van der Waals surface area contributed by atoms with Crippen molar-refractivity contribution in [3.8, 4) is 0 Å². The van der Waals surface area contributed by atoms with Gasteiger partial charge in [0, 0.05) is 17.6 Å². The number of thiocarbonyl (C=S) groups is 1. The van der Waals surface area contributed by atoms with Gasteiger partial charge < -0.3 is 15.5 Å². The number of alkyl carbamates (subject to hydrolysis) is 1. The highest BCUT2D eigenvalue weighted by Gasteiger charge is 2.27. The van der Waals surface area contributed by atoms with E-state index < -0.39 is 12.1 Å². The number of ketones is 1. The SMILES string of the molecule is COC(=O)NC(=S)NC1C=CC(C(=O)c2ccccc2)=C(Cc2ccc3ccccc3c2)C1=N. The fourth-order valence-electron chi connectivity index (χ4n) is 3.86. The van der Waals surface area contributed by atoms with Crippen LogP contribution in [0.4, 0.5) is 4.79 Å². The zero-order chi connectivity index (χ0) is 24.1. The van der Waals surface area contributed by atoms with Crippen LogP contribution in [0, 0.1) is 5.41 Å². The number of carbonyl (C=O) groups is 2. The van der Waals surface area contributed by atoms with Gasteiger partial charge in [-0.2, -0.15) is 0 Å². The van der Waals surface area contributed by atoms with Gasteiger partial charge in [0.25, 0.3) is 0 Å². The smallest absolute Gasteiger partial charge is 0.413 e. The van der Waals surface area contributed by atoms with Crippen LogP contribution in [0.15, 0.2) is 96.1 Å². The number of Topliss-reactive ketones (excluding diaryl/α,β-unsaturated/α-hetero) is 1. The van der Waals surface area contributed by atoms with Crippen molar-refractivity contribution in [2.45, 2.75) is 12.5 Å². The van der Waals surface area contributed by atoms with E-state index in [-0.39, 0.29) is 16.6 Å². The van der Waals surface area contributed by atoms with Crippen molar-refractivity contribution in [2.75, 3.05) is 7.11 Å². The van der Waals surface area contributed by atoms with E-state index in [0.29, 0.717) is 23.1 Å². The molecule has 0 saturated heterocycles. The molecular weight excluding hydrogens is 446 g/mol. The molecule has 170 valence electrons. The molecule has 1 atom stereocenters. The van der Waals surface area contributed by atoms with E-state index in [1.165, 1.54) is 7.11 Å². The Morgan fingerprint density at radius 3 is 2.44 bits per heavy atom. The van der Waals surface area contributed by atoms with Crippen LogP contribution in [0.25, 0.3) is 10.8 Å². The lowest BCUT2D eigenvalue weighted by molar-refractivity contribution is 0.103. The van der Waals surface area contributed by atoms with Gasteiger partial charge in [-0.1, -0.05) is 84.9 Å². The van der Waals surface area contributed by atoms with Crippen LogP contribution in [-0.2, 0) is 11.2 Å². The molecule has 0 radical (unpaired) electrons. The maximum Gasteiger partial charge on any atom is 0.413 e. The Morgan fingerprint density at radius 1 is 1.00 bits per heavy atom. The minimum Gasteiger partial charge on any atom is -0.453 e. The highest BCUT2D eigenvalue weighted by atomic mass is 32.1. The number of ether oxygens (including phenoxy) is 1. The number of fused-ring (bicyclic) bond motifs is 1. The Bertz CT molecular complexity index is 1350. The molecule has 1 amide bonds. The van der Waals surface area contributed by atoms with Crippen LogP contribution in [0.5, 0.6) is 0 Å². The van der Waals surface area contributed by atoms with E-state index in [9.17, 15) is 9.59 Å². The van der Waals surface area contributed by atoms with Crippen molar-refractivity contribution >= 4 is 45.7 Å². The summed E-state index contributed by atoms with van der Waals surface area (Å²) in [5.74, 6) is -0.147. The first-order chi connectivity index (χ1) is 16.5. The van der Waals surface area contributed by atoms with Crippen molar-refractivity contribution in [1.82, 2.24) is 10.6 Å². The lowest BCUT2D eigenvalue weighted by Crippen LogP contribution is -2.48. The predicted molar refractivity (Wildman–Crippen MR) is 137 cm³/mol. The van der Waals surface area contributed by atoms with Gasteiger partial charge in [0.1, 0.15) is 0 Å². The van der Waals surface area contributed by atoms with Crippen LogP contribution >= 0.6 is 12.2 Å². The monoisotopic (exact) mass is 469 g/mol. The number of hydrogen-bond donors (Lipinski definition) is 3. The van der Waals surface area contributed by atoms with Gasteiger partial charge in [0.2, 0.25) is 0 Å². The van der Waals surface area contributed by atoms with E-state index >= 15 is 0 Å². The van der Waals surface area contributed by atoms with E-state index in [1.807, 2.05) is 54.6 Å². The molecule has 4 rings (SSSR count). The van der Waals surface area contributed by atoms with Gasteiger partial charge in [-0.05, 0) is 34.1 Å². The molecule has 0 spiro atoms. The maximum absolute atomic E-state index is 13.3. The zero-order valence-electron chi connectivity index (χ0n) is 18.5. The van der Waals surface area contributed by atoms with E-state index in [1.54, 1.807) is 24.3 Å². The third kappa shape index (κ3) is 5.10. The normalized spacial score (nSPS) is 15.2. The molecule has 3 aromatic rings. The number of hydrogen-bond acceptors (Lipinski definition) is 5. The number of allylic oxidation sites excluding steroid dienone is 2. The third-order valence-electron chi connectivity index (χ3n) is 5.58. The molecule has 34 heavy (non-hydrogen) atoms. The predicted octanol–water partition coefficient (Wildman–Crippen LogP) is 4.75. The van der Waals surface area contributed by atoms with Crippen LogP contribution in [-0.4, -0.2) is 35.9 Å². The van der Waals surface area contributed by atoms with E-state index in [4.69, 9.17) is 17.6 Å². The minimum absolute atomic E-state index is 0.0362. The molecule has 6 nitrogen and oxygen atoms in total. The third-order valence-corrected chi connectivity index (χ3v) is 5.80. The van der Waals surface area contributed by atoms with Crippen LogP contribution in [0.2, 0.25) is 0 Å². The maximum atomic E-state index is 13.3. The highest BCUT2D eigenvalue weighted by Crippen LogP contribution is 2.26. The molecule has 0 fully saturated rings. The van der Waals surface area contributed by atoms with Crippen molar-refractivity contribution in [3.63, 3.8) is 0 Å². The summed E-state index contributed by atoms with van der Waals surface area (Å²) >= 11 is 5.17. The van der Waals surface area contributed by atoms with Crippen LogP contribution in [0.1, 0.15) is 15.9 Å². The van der Waals surface area contributed by atoms with Crippen molar-refractivity contribution < 1.29 is 14.3 Å². The number of amides is 1. The van der Waals surface area contributed by atoms with Gasteiger partial charge in [-0.3, -0.25) is 10.1 Å². The second-order valence-corrected chi connectivity index (χ2v) is 8.19. The number of rotatable bonds is 5. The average molecular weight is 470 g/mol. The van der Waals surface area contributed by atoms with Gasteiger partial charge in [0.05, 0.1) is 18.9 Å². The van der Waals surface area contributed by atoms with Crippen LogP contribution in [0.3, 0.4) is 0 Å². The Labute approximate surface area is 202 Å². The fraction of sp³-hybridized carbons (Fsp3) is 0.111.